The molecule has 26 heavy (non-hydrogen) atoms. The standard InChI is InChI=1S/C24H31NO/c1-2-3-7-17-25-18-16-23(19-25)20-26-24-14-12-22(13-15-24)11-10-21-8-5-4-6-9-21/h4-6,8-15,23H,2-3,7,16-20H2,1H3. The molecule has 1 unspecified atom stereocenters. The van der Waals surface area contributed by atoms with Crippen LogP contribution in [-0.2, 0) is 0 Å². The van der Waals surface area contributed by atoms with Gasteiger partial charge in [0.25, 0.3) is 0 Å². The Balaban J connectivity index is 1.41. The molecular formula is C24H31NO. The predicted octanol–water partition coefficient (Wildman–Crippen LogP) is 5.75. The molecule has 0 amide bonds. The minimum Gasteiger partial charge on any atom is -0.493 e. The molecular weight excluding hydrogens is 318 g/mol. The Bertz CT molecular complexity index is 662. The Labute approximate surface area is 158 Å². The van der Waals surface area contributed by atoms with Crippen molar-refractivity contribution in [1.82, 2.24) is 4.90 Å². The summed E-state index contributed by atoms with van der Waals surface area (Å²) in [5.41, 5.74) is 2.42. The molecule has 2 aromatic carbocycles. The summed E-state index contributed by atoms with van der Waals surface area (Å²) in [4.78, 5) is 2.60. The van der Waals surface area contributed by atoms with Crippen LogP contribution in [0.1, 0.15) is 43.7 Å². The monoisotopic (exact) mass is 349 g/mol. The van der Waals surface area contributed by atoms with E-state index in [-0.39, 0.29) is 0 Å². The third-order valence-corrected chi connectivity index (χ3v) is 5.08. The fourth-order valence-corrected chi connectivity index (χ4v) is 3.48. The summed E-state index contributed by atoms with van der Waals surface area (Å²) in [6.45, 7) is 6.79. The molecule has 138 valence electrons. The molecule has 1 aliphatic rings. The van der Waals surface area contributed by atoms with Gasteiger partial charge >= 0.3 is 0 Å². The quantitative estimate of drug-likeness (QED) is 0.422. The second kappa shape index (κ2) is 10.2. The minimum absolute atomic E-state index is 0.675. The first-order chi connectivity index (χ1) is 12.8. The van der Waals surface area contributed by atoms with Crippen molar-refractivity contribution >= 4 is 12.2 Å². The van der Waals surface area contributed by atoms with Crippen LogP contribution in [0.2, 0.25) is 0 Å². The summed E-state index contributed by atoms with van der Waals surface area (Å²) < 4.78 is 6.03. The second-order valence-corrected chi connectivity index (χ2v) is 7.29. The molecule has 0 spiro atoms. The average molecular weight is 350 g/mol. The Hall–Kier alpha value is -2.06. The lowest BCUT2D eigenvalue weighted by Gasteiger charge is -2.16. The lowest BCUT2D eigenvalue weighted by Crippen LogP contribution is -2.23. The molecule has 0 radical (unpaired) electrons. The maximum atomic E-state index is 6.03. The zero-order chi connectivity index (χ0) is 18.0. The van der Waals surface area contributed by atoms with Gasteiger partial charge in [0, 0.05) is 12.5 Å². The number of ether oxygens (including phenoxy) is 1. The van der Waals surface area contributed by atoms with E-state index in [0.717, 1.165) is 12.4 Å². The maximum Gasteiger partial charge on any atom is 0.119 e. The summed E-state index contributed by atoms with van der Waals surface area (Å²) in [5.74, 6) is 1.65. The van der Waals surface area contributed by atoms with Gasteiger partial charge in [0.1, 0.15) is 5.75 Å². The van der Waals surface area contributed by atoms with E-state index in [1.807, 2.05) is 6.07 Å². The highest BCUT2D eigenvalue weighted by Crippen LogP contribution is 2.20. The van der Waals surface area contributed by atoms with Crippen LogP contribution in [0.25, 0.3) is 12.2 Å². The van der Waals surface area contributed by atoms with E-state index in [9.17, 15) is 0 Å². The Morgan fingerprint density at radius 1 is 0.962 bits per heavy atom. The number of benzene rings is 2. The van der Waals surface area contributed by atoms with Crippen LogP contribution in [0.5, 0.6) is 5.75 Å². The van der Waals surface area contributed by atoms with Crippen molar-refractivity contribution < 1.29 is 4.74 Å². The number of nitrogens with zero attached hydrogens (tertiary/aromatic N) is 1. The highest BCUT2D eigenvalue weighted by molar-refractivity contribution is 5.69. The molecule has 0 bridgehead atoms. The van der Waals surface area contributed by atoms with Crippen molar-refractivity contribution in [2.24, 2.45) is 5.92 Å². The average Bonchev–Trinajstić information content (AvgIpc) is 3.14. The van der Waals surface area contributed by atoms with Crippen molar-refractivity contribution in [2.45, 2.75) is 32.6 Å². The number of hydrogen-bond acceptors (Lipinski definition) is 2. The van der Waals surface area contributed by atoms with E-state index >= 15 is 0 Å². The molecule has 0 saturated carbocycles. The van der Waals surface area contributed by atoms with Crippen LogP contribution in [0.15, 0.2) is 54.6 Å². The van der Waals surface area contributed by atoms with Gasteiger partial charge in [-0.2, -0.15) is 0 Å². The van der Waals surface area contributed by atoms with E-state index in [4.69, 9.17) is 4.74 Å². The van der Waals surface area contributed by atoms with Crippen molar-refractivity contribution in [3.8, 4) is 5.75 Å². The zero-order valence-corrected chi connectivity index (χ0v) is 15.9. The van der Waals surface area contributed by atoms with Crippen LogP contribution in [0.3, 0.4) is 0 Å². The molecule has 1 heterocycles. The van der Waals surface area contributed by atoms with Crippen LogP contribution in [0.4, 0.5) is 0 Å². The fraction of sp³-hybridized carbons (Fsp3) is 0.417. The van der Waals surface area contributed by atoms with Crippen LogP contribution >= 0.6 is 0 Å². The fourth-order valence-electron chi connectivity index (χ4n) is 3.48. The Morgan fingerprint density at radius 2 is 1.69 bits per heavy atom. The number of rotatable bonds is 9. The van der Waals surface area contributed by atoms with Gasteiger partial charge in [0.15, 0.2) is 0 Å². The van der Waals surface area contributed by atoms with E-state index in [1.165, 1.54) is 56.4 Å². The second-order valence-electron chi connectivity index (χ2n) is 7.29. The zero-order valence-electron chi connectivity index (χ0n) is 15.9. The minimum atomic E-state index is 0.675. The van der Waals surface area contributed by atoms with Crippen molar-refractivity contribution in [2.75, 3.05) is 26.2 Å². The molecule has 1 saturated heterocycles. The summed E-state index contributed by atoms with van der Waals surface area (Å²) in [6.07, 6.45) is 9.54. The first-order valence-corrected chi connectivity index (χ1v) is 10.0. The highest BCUT2D eigenvalue weighted by Gasteiger charge is 2.22. The molecule has 0 aromatic heterocycles. The predicted molar refractivity (Wildman–Crippen MR) is 111 cm³/mol. The summed E-state index contributed by atoms with van der Waals surface area (Å²) in [6, 6.07) is 18.8. The lowest BCUT2D eigenvalue weighted by atomic mass is 10.1. The number of likely N-dealkylation sites (tertiary alicyclic amines) is 1. The summed E-state index contributed by atoms with van der Waals surface area (Å²) in [5, 5.41) is 0. The number of hydrogen-bond donors (Lipinski definition) is 0. The van der Waals surface area contributed by atoms with Crippen molar-refractivity contribution in [3.05, 3.63) is 65.7 Å². The topological polar surface area (TPSA) is 12.5 Å². The number of unbranched alkanes of at least 4 members (excludes halogenated alkanes) is 2. The molecule has 2 heteroatoms. The Morgan fingerprint density at radius 3 is 2.42 bits per heavy atom. The van der Waals surface area contributed by atoms with Gasteiger partial charge in [-0.1, -0.05) is 74.4 Å². The summed E-state index contributed by atoms with van der Waals surface area (Å²) in [7, 11) is 0. The smallest absolute Gasteiger partial charge is 0.119 e. The van der Waals surface area contributed by atoms with Gasteiger partial charge in [0.2, 0.25) is 0 Å². The molecule has 3 rings (SSSR count). The van der Waals surface area contributed by atoms with Gasteiger partial charge in [-0.05, 0) is 49.2 Å². The van der Waals surface area contributed by atoms with E-state index < -0.39 is 0 Å². The van der Waals surface area contributed by atoms with Crippen LogP contribution in [-0.4, -0.2) is 31.1 Å². The third-order valence-electron chi connectivity index (χ3n) is 5.08. The molecule has 0 aliphatic carbocycles. The highest BCUT2D eigenvalue weighted by atomic mass is 16.5. The van der Waals surface area contributed by atoms with Crippen LogP contribution < -0.4 is 4.74 Å². The van der Waals surface area contributed by atoms with E-state index in [1.54, 1.807) is 0 Å². The first kappa shape index (κ1) is 18.7. The molecule has 2 nitrogen and oxygen atoms in total. The molecule has 2 aromatic rings. The normalized spacial score (nSPS) is 17.8. The lowest BCUT2D eigenvalue weighted by molar-refractivity contribution is 0.239. The Kier molecular flexibility index (Phi) is 7.33. The first-order valence-electron chi connectivity index (χ1n) is 10.0. The molecule has 1 fully saturated rings. The van der Waals surface area contributed by atoms with Gasteiger partial charge in [-0.25, -0.2) is 0 Å². The van der Waals surface area contributed by atoms with E-state index in [0.29, 0.717) is 5.92 Å². The van der Waals surface area contributed by atoms with Crippen LogP contribution in [0, 0.1) is 5.92 Å². The van der Waals surface area contributed by atoms with Gasteiger partial charge < -0.3 is 9.64 Å². The van der Waals surface area contributed by atoms with Gasteiger partial charge in [-0.15, -0.1) is 0 Å². The van der Waals surface area contributed by atoms with Crippen molar-refractivity contribution in [1.29, 1.82) is 0 Å². The van der Waals surface area contributed by atoms with Crippen molar-refractivity contribution in [3.63, 3.8) is 0 Å². The third kappa shape index (κ3) is 6.03. The summed E-state index contributed by atoms with van der Waals surface area (Å²) >= 11 is 0. The molecule has 0 N–H and O–H groups in total. The van der Waals surface area contributed by atoms with E-state index in [2.05, 4.69) is 72.5 Å². The molecule has 1 atom stereocenters. The van der Waals surface area contributed by atoms with Gasteiger partial charge in [-0.3, -0.25) is 0 Å². The van der Waals surface area contributed by atoms with Gasteiger partial charge in [0.05, 0.1) is 6.61 Å². The molecule has 1 aliphatic heterocycles. The largest absolute Gasteiger partial charge is 0.493 e. The SMILES string of the molecule is CCCCCN1CCC(COc2ccc(C=Cc3ccccc3)cc2)C1. The maximum absolute atomic E-state index is 6.03.